The van der Waals surface area contributed by atoms with Crippen LogP contribution in [-0.2, 0) is 0 Å². The smallest absolute Gasteiger partial charge is 0.214 e. The van der Waals surface area contributed by atoms with E-state index in [-0.39, 0.29) is 17.4 Å². The number of aromatic amines is 1. The third-order valence-corrected chi connectivity index (χ3v) is 3.83. The lowest BCUT2D eigenvalue weighted by Gasteiger charge is -2.13. The van der Waals surface area contributed by atoms with Gasteiger partial charge in [-0.05, 0) is 29.3 Å². The van der Waals surface area contributed by atoms with Crippen LogP contribution in [-0.4, -0.2) is 23.6 Å². The molecule has 5 nitrogen and oxygen atoms in total. The van der Waals surface area contributed by atoms with E-state index >= 15 is 0 Å². The first-order valence-electron chi connectivity index (χ1n) is 7.01. The Morgan fingerprint density at radius 1 is 1.23 bits per heavy atom. The number of H-pyrrole nitrogens is 1. The lowest BCUT2D eigenvalue weighted by molar-refractivity contribution is -0.481. The SMILES string of the molecule is COc1ccc2[nH]cc([C@H](C[N+](=O)[O-])c3ccccc3)c2c1. The van der Waals surface area contributed by atoms with Crippen LogP contribution in [0.4, 0.5) is 0 Å². The summed E-state index contributed by atoms with van der Waals surface area (Å²) in [6.45, 7) is -0.145. The largest absolute Gasteiger partial charge is 0.497 e. The number of aromatic nitrogens is 1. The summed E-state index contributed by atoms with van der Waals surface area (Å²) in [7, 11) is 1.61. The van der Waals surface area contributed by atoms with Crippen molar-refractivity contribution in [2.45, 2.75) is 5.92 Å². The highest BCUT2D eigenvalue weighted by Gasteiger charge is 2.23. The quantitative estimate of drug-likeness (QED) is 0.578. The number of rotatable bonds is 5. The van der Waals surface area contributed by atoms with E-state index in [1.807, 2.05) is 54.7 Å². The summed E-state index contributed by atoms with van der Waals surface area (Å²) in [5.74, 6) is 0.443. The monoisotopic (exact) mass is 296 g/mol. The van der Waals surface area contributed by atoms with Crippen molar-refractivity contribution in [3.05, 3.63) is 76.0 Å². The minimum Gasteiger partial charge on any atom is -0.497 e. The summed E-state index contributed by atoms with van der Waals surface area (Å²) in [5.41, 5.74) is 2.79. The maximum Gasteiger partial charge on any atom is 0.214 e. The maximum absolute atomic E-state index is 11.1. The number of nitrogens with zero attached hydrogens (tertiary/aromatic N) is 1. The topological polar surface area (TPSA) is 68.2 Å². The molecule has 0 aliphatic heterocycles. The fourth-order valence-electron chi connectivity index (χ4n) is 2.75. The van der Waals surface area contributed by atoms with Gasteiger partial charge in [0.2, 0.25) is 6.54 Å². The first kappa shape index (κ1) is 14.1. The van der Waals surface area contributed by atoms with Crippen LogP contribution < -0.4 is 4.74 Å². The van der Waals surface area contributed by atoms with Gasteiger partial charge in [-0.2, -0.15) is 0 Å². The normalized spacial score (nSPS) is 12.2. The van der Waals surface area contributed by atoms with Gasteiger partial charge < -0.3 is 9.72 Å². The molecule has 3 rings (SSSR count). The summed E-state index contributed by atoms with van der Waals surface area (Å²) in [4.78, 5) is 14.0. The van der Waals surface area contributed by atoms with E-state index in [1.165, 1.54) is 0 Å². The third-order valence-electron chi connectivity index (χ3n) is 3.83. The molecule has 0 fully saturated rings. The summed E-state index contributed by atoms with van der Waals surface area (Å²) in [6, 6.07) is 15.3. The van der Waals surface area contributed by atoms with Gasteiger partial charge in [0.1, 0.15) is 5.75 Å². The van der Waals surface area contributed by atoms with Crippen molar-refractivity contribution in [2.24, 2.45) is 0 Å². The molecule has 0 aliphatic carbocycles. The molecule has 0 spiro atoms. The van der Waals surface area contributed by atoms with Crippen LogP contribution in [0.3, 0.4) is 0 Å². The average molecular weight is 296 g/mol. The van der Waals surface area contributed by atoms with Crippen LogP contribution in [0.5, 0.6) is 5.75 Å². The number of fused-ring (bicyclic) bond motifs is 1. The van der Waals surface area contributed by atoms with Gasteiger partial charge >= 0.3 is 0 Å². The van der Waals surface area contributed by atoms with Gasteiger partial charge in [-0.15, -0.1) is 0 Å². The number of methoxy groups -OCH3 is 1. The number of hydrogen-bond donors (Lipinski definition) is 1. The molecule has 0 bridgehead atoms. The standard InChI is InChI=1S/C17H16N2O3/c1-22-13-7-8-17-14(9-13)15(10-18-17)16(11-19(20)21)12-5-3-2-4-6-12/h2-10,16,18H,11H2,1H3/t16-/m1/s1. The van der Waals surface area contributed by atoms with Gasteiger partial charge in [0, 0.05) is 22.0 Å². The minimum atomic E-state index is -0.294. The molecule has 5 heteroatoms. The number of nitrogens with one attached hydrogen (secondary N) is 1. The molecule has 0 radical (unpaired) electrons. The highest BCUT2D eigenvalue weighted by Crippen LogP contribution is 2.32. The molecule has 3 aromatic rings. The number of hydrogen-bond acceptors (Lipinski definition) is 3. The highest BCUT2D eigenvalue weighted by molar-refractivity contribution is 5.85. The fraction of sp³-hybridized carbons (Fsp3) is 0.176. The average Bonchev–Trinajstić information content (AvgIpc) is 2.96. The van der Waals surface area contributed by atoms with Gasteiger partial charge in [0.15, 0.2) is 0 Å². The fourth-order valence-corrected chi connectivity index (χ4v) is 2.75. The summed E-state index contributed by atoms with van der Waals surface area (Å²) in [5, 5.41) is 12.1. The van der Waals surface area contributed by atoms with E-state index in [1.54, 1.807) is 7.11 Å². The molecule has 0 saturated carbocycles. The van der Waals surface area contributed by atoms with Crippen LogP contribution in [0, 0.1) is 10.1 Å². The van der Waals surface area contributed by atoms with E-state index in [9.17, 15) is 10.1 Å². The second-order valence-corrected chi connectivity index (χ2v) is 5.13. The van der Waals surface area contributed by atoms with Crippen molar-refractivity contribution in [3.63, 3.8) is 0 Å². The zero-order chi connectivity index (χ0) is 15.5. The second-order valence-electron chi connectivity index (χ2n) is 5.13. The van der Waals surface area contributed by atoms with Crippen molar-refractivity contribution in [2.75, 3.05) is 13.7 Å². The molecule has 0 aliphatic rings. The Balaban J connectivity index is 2.13. The Hall–Kier alpha value is -2.82. The molecule has 1 N–H and O–H groups in total. The maximum atomic E-state index is 11.1. The van der Waals surface area contributed by atoms with Gasteiger partial charge in [-0.3, -0.25) is 10.1 Å². The zero-order valence-electron chi connectivity index (χ0n) is 12.2. The molecule has 1 heterocycles. The minimum absolute atomic E-state index is 0.145. The van der Waals surface area contributed by atoms with Crippen LogP contribution >= 0.6 is 0 Å². The first-order chi connectivity index (χ1) is 10.7. The predicted molar refractivity (Wildman–Crippen MR) is 85.0 cm³/mol. The molecule has 22 heavy (non-hydrogen) atoms. The van der Waals surface area contributed by atoms with Gasteiger partial charge in [-0.1, -0.05) is 30.3 Å². The van der Waals surface area contributed by atoms with Crippen molar-refractivity contribution < 1.29 is 9.66 Å². The van der Waals surface area contributed by atoms with Crippen LogP contribution in [0.25, 0.3) is 10.9 Å². The highest BCUT2D eigenvalue weighted by atomic mass is 16.6. The molecular weight excluding hydrogens is 280 g/mol. The van der Waals surface area contributed by atoms with Gasteiger partial charge in [0.05, 0.1) is 13.0 Å². The van der Waals surface area contributed by atoms with Crippen LogP contribution in [0.2, 0.25) is 0 Å². The van der Waals surface area contributed by atoms with Crippen molar-refractivity contribution in [1.29, 1.82) is 0 Å². The van der Waals surface area contributed by atoms with Crippen LogP contribution in [0.15, 0.2) is 54.7 Å². The van der Waals surface area contributed by atoms with Crippen molar-refractivity contribution in [1.82, 2.24) is 4.98 Å². The Morgan fingerprint density at radius 3 is 2.68 bits per heavy atom. The molecular formula is C17H16N2O3. The third kappa shape index (κ3) is 2.65. The van der Waals surface area contributed by atoms with Gasteiger partial charge in [0.25, 0.3) is 0 Å². The predicted octanol–water partition coefficient (Wildman–Crippen LogP) is 3.59. The molecule has 0 saturated heterocycles. The second kappa shape index (κ2) is 5.89. The van der Waals surface area contributed by atoms with E-state index in [4.69, 9.17) is 4.74 Å². The first-order valence-corrected chi connectivity index (χ1v) is 7.01. The number of nitro groups is 1. The molecule has 0 unspecified atom stereocenters. The lowest BCUT2D eigenvalue weighted by atomic mass is 9.91. The summed E-state index contributed by atoms with van der Waals surface area (Å²) in [6.07, 6.45) is 1.85. The van der Waals surface area contributed by atoms with Crippen molar-refractivity contribution in [3.8, 4) is 5.75 Å². The Bertz CT molecular complexity index is 796. The van der Waals surface area contributed by atoms with E-state index < -0.39 is 0 Å². The summed E-state index contributed by atoms with van der Waals surface area (Å²) >= 11 is 0. The van der Waals surface area contributed by atoms with Crippen molar-refractivity contribution >= 4 is 10.9 Å². The number of ether oxygens (including phenoxy) is 1. The Morgan fingerprint density at radius 2 is 2.00 bits per heavy atom. The van der Waals surface area contributed by atoms with Crippen LogP contribution in [0.1, 0.15) is 17.0 Å². The molecule has 1 aromatic heterocycles. The van der Waals surface area contributed by atoms with E-state index in [0.29, 0.717) is 0 Å². The summed E-state index contributed by atoms with van der Waals surface area (Å²) < 4.78 is 5.27. The zero-order valence-corrected chi connectivity index (χ0v) is 12.2. The molecule has 112 valence electrons. The Kier molecular flexibility index (Phi) is 3.78. The van der Waals surface area contributed by atoms with Gasteiger partial charge in [-0.25, -0.2) is 0 Å². The Labute approximate surface area is 127 Å². The molecule has 1 atom stereocenters. The van der Waals surface area contributed by atoms with E-state index in [2.05, 4.69) is 4.98 Å². The molecule has 2 aromatic carbocycles. The lowest BCUT2D eigenvalue weighted by Crippen LogP contribution is -2.13. The molecule has 0 amide bonds. The van der Waals surface area contributed by atoms with E-state index in [0.717, 1.165) is 27.8 Å². The number of benzene rings is 2.